The zero-order valence-corrected chi connectivity index (χ0v) is 14.5. The summed E-state index contributed by atoms with van der Waals surface area (Å²) in [6, 6.07) is 16.1. The van der Waals surface area contributed by atoms with Crippen LogP contribution in [0.4, 0.5) is 5.69 Å². The summed E-state index contributed by atoms with van der Waals surface area (Å²) in [5, 5.41) is 11.6. The average molecular weight is 362 g/mol. The van der Waals surface area contributed by atoms with Crippen LogP contribution in [0.3, 0.4) is 0 Å². The lowest BCUT2D eigenvalue weighted by molar-refractivity contribution is -0.384. The molecule has 0 spiro atoms. The molecule has 6 heteroatoms. The van der Waals surface area contributed by atoms with Gasteiger partial charge in [-0.1, -0.05) is 30.3 Å². The van der Waals surface area contributed by atoms with Gasteiger partial charge in [-0.05, 0) is 36.6 Å². The van der Waals surface area contributed by atoms with E-state index < -0.39 is 4.92 Å². The van der Waals surface area contributed by atoms with Crippen molar-refractivity contribution in [1.82, 2.24) is 4.98 Å². The van der Waals surface area contributed by atoms with E-state index in [2.05, 4.69) is 4.98 Å². The molecule has 0 saturated carbocycles. The summed E-state index contributed by atoms with van der Waals surface area (Å²) < 4.78 is 0. The smallest absolute Gasteiger partial charge is 0.269 e. The van der Waals surface area contributed by atoms with Gasteiger partial charge in [-0.15, -0.1) is 11.3 Å². The number of hydrogen-bond donors (Lipinski definition) is 0. The van der Waals surface area contributed by atoms with Crippen LogP contribution in [0.2, 0.25) is 0 Å². The van der Waals surface area contributed by atoms with Gasteiger partial charge < -0.3 is 0 Å². The van der Waals surface area contributed by atoms with Crippen LogP contribution >= 0.6 is 11.3 Å². The second-order valence-corrected chi connectivity index (χ2v) is 7.01. The number of ketones is 1. The zero-order valence-electron chi connectivity index (χ0n) is 13.7. The number of aryl methyl sites for hydroxylation is 1. The van der Waals surface area contributed by atoms with E-state index in [0.717, 1.165) is 33.8 Å². The van der Waals surface area contributed by atoms with Gasteiger partial charge in [0.15, 0.2) is 0 Å². The lowest BCUT2D eigenvalue weighted by Crippen LogP contribution is -2.12. The van der Waals surface area contributed by atoms with Gasteiger partial charge in [-0.25, -0.2) is 4.98 Å². The first kappa shape index (κ1) is 16.4. The Morgan fingerprint density at radius 1 is 1.04 bits per heavy atom. The molecule has 1 heterocycles. The molecule has 1 aromatic heterocycles. The first-order valence-corrected chi connectivity index (χ1v) is 8.98. The standard InChI is InChI=1S/C20H14N2O3S/c23-18-15(12-13-6-9-16(10-7-13)22(24)25)8-11-17-19(18)26-20(21-17)14-4-2-1-3-5-14/h1-7,9-10,12H,8,11H2/b15-12+. The Bertz CT molecular complexity index is 1020. The fourth-order valence-electron chi connectivity index (χ4n) is 2.95. The number of carbonyl (C=O) groups is 1. The van der Waals surface area contributed by atoms with E-state index in [1.54, 1.807) is 12.1 Å². The predicted octanol–water partition coefficient (Wildman–Crippen LogP) is 4.93. The van der Waals surface area contributed by atoms with Crippen LogP contribution in [0.5, 0.6) is 0 Å². The quantitative estimate of drug-likeness (QED) is 0.376. The second-order valence-electron chi connectivity index (χ2n) is 6.01. The highest BCUT2D eigenvalue weighted by molar-refractivity contribution is 7.17. The van der Waals surface area contributed by atoms with Gasteiger partial charge in [0, 0.05) is 23.3 Å². The van der Waals surface area contributed by atoms with E-state index in [9.17, 15) is 14.9 Å². The summed E-state index contributed by atoms with van der Waals surface area (Å²) in [7, 11) is 0. The first-order chi connectivity index (χ1) is 12.6. The van der Waals surface area contributed by atoms with Gasteiger partial charge in [0.25, 0.3) is 5.69 Å². The van der Waals surface area contributed by atoms with Crippen molar-refractivity contribution in [2.24, 2.45) is 0 Å². The molecule has 0 aliphatic heterocycles. The Kier molecular flexibility index (Phi) is 4.18. The SMILES string of the molecule is O=C1/C(=C/c2ccc([N+](=O)[O-])cc2)CCc2nc(-c3ccccc3)sc21. The van der Waals surface area contributed by atoms with E-state index in [-0.39, 0.29) is 11.5 Å². The normalized spacial score (nSPS) is 15.1. The number of hydrogen-bond acceptors (Lipinski definition) is 5. The van der Waals surface area contributed by atoms with Crippen LogP contribution in [-0.4, -0.2) is 15.7 Å². The number of nitro groups is 1. The van der Waals surface area contributed by atoms with Crippen molar-refractivity contribution in [1.29, 1.82) is 0 Å². The third-order valence-corrected chi connectivity index (χ3v) is 5.44. The maximum Gasteiger partial charge on any atom is 0.269 e. The zero-order chi connectivity index (χ0) is 18.1. The summed E-state index contributed by atoms with van der Waals surface area (Å²) in [6.45, 7) is 0. The average Bonchev–Trinajstić information content (AvgIpc) is 3.10. The number of allylic oxidation sites excluding steroid dienone is 1. The van der Waals surface area contributed by atoms with Crippen molar-refractivity contribution in [2.75, 3.05) is 0 Å². The number of rotatable bonds is 3. The Morgan fingerprint density at radius 3 is 2.46 bits per heavy atom. The monoisotopic (exact) mass is 362 g/mol. The molecule has 0 N–H and O–H groups in total. The molecular weight excluding hydrogens is 348 g/mol. The fourth-order valence-corrected chi connectivity index (χ4v) is 4.04. The maximum atomic E-state index is 12.8. The van der Waals surface area contributed by atoms with Crippen molar-refractivity contribution in [2.45, 2.75) is 12.8 Å². The van der Waals surface area contributed by atoms with Gasteiger partial charge in [-0.2, -0.15) is 0 Å². The van der Waals surface area contributed by atoms with Gasteiger partial charge in [0.1, 0.15) is 5.01 Å². The molecule has 0 radical (unpaired) electrons. The first-order valence-electron chi connectivity index (χ1n) is 8.16. The molecule has 0 bridgehead atoms. The Hall–Kier alpha value is -3.12. The van der Waals surface area contributed by atoms with E-state index in [4.69, 9.17) is 0 Å². The number of carbonyl (C=O) groups excluding carboxylic acids is 1. The topological polar surface area (TPSA) is 73.1 Å². The van der Waals surface area contributed by atoms with E-state index >= 15 is 0 Å². The summed E-state index contributed by atoms with van der Waals surface area (Å²) in [4.78, 5) is 28.5. The van der Waals surface area contributed by atoms with Crippen molar-refractivity contribution < 1.29 is 9.72 Å². The molecule has 2 aromatic carbocycles. The minimum Gasteiger partial charge on any atom is -0.288 e. The largest absolute Gasteiger partial charge is 0.288 e. The molecule has 128 valence electrons. The Labute approximate surface area is 153 Å². The summed E-state index contributed by atoms with van der Waals surface area (Å²) in [6.07, 6.45) is 3.17. The van der Waals surface area contributed by atoms with Gasteiger partial charge in [-0.3, -0.25) is 14.9 Å². The molecule has 0 saturated heterocycles. The van der Waals surface area contributed by atoms with Crippen LogP contribution in [0, 0.1) is 10.1 Å². The third-order valence-electron chi connectivity index (χ3n) is 4.29. The third kappa shape index (κ3) is 3.07. The van der Waals surface area contributed by atoms with Crippen LogP contribution in [-0.2, 0) is 6.42 Å². The summed E-state index contributed by atoms with van der Waals surface area (Å²) in [5.74, 6) is 0.00397. The van der Waals surface area contributed by atoms with Crippen LogP contribution in [0.25, 0.3) is 16.6 Å². The molecule has 4 rings (SSSR count). The number of benzene rings is 2. The number of nitro benzene ring substituents is 1. The van der Waals surface area contributed by atoms with E-state index in [0.29, 0.717) is 11.3 Å². The molecule has 3 aromatic rings. The van der Waals surface area contributed by atoms with Crippen LogP contribution in [0.15, 0.2) is 60.2 Å². The number of Topliss-reactive ketones (excluding diaryl/α,β-unsaturated/α-hetero) is 1. The molecular formula is C20H14N2O3S. The lowest BCUT2D eigenvalue weighted by atomic mass is 9.94. The second kappa shape index (κ2) is 6.65. The number of nitrogens with zero attached hydrogens (tertiary/aromatic N) is 2. The molecule has 1 aliphatic rings. The minimum absolute atomic E-state index is 0.00397. The van der Waals surface area contributed by atoms with Gasteiger partial charge in [0.2, 0.25) is 5.78 Å². The highest BCUT2D eigenvalue weighted by Gasteiger charge is 2.26. The molecule has 0 atom stereocenters. The highest BCUT2D eigenvalue weighted by atomic mass is 32.1. The predicted molar refractivity (Wildman–Crippen MR) is 101 cm³/mol. The van der Waals surface area contributed by atoms with E-state index in [1.165, 1.54) is 23.5 Å². The fraction of sp³-hybridized carbons (Fsp3) is 0.100. The van der Waals surface area contributed by atoms with Gasteiger partial charge >= 0.3 is 0 Å². The molecule has 0 fully saturated rings. The van der Waals surface area contributed by atoms with Crippen molar-refractivity contribution >= 4 is 28.9 Å². The van der Waals surface area contributed by atoms with Crippen molar-refractivity contribution in [3.63, 3.8) is 0 Å². The molecule has 1 aliphatic carbocycles. The number of fused-ring (bicyclic) bond motifs is 1. The molecule has 0 unspecified atom stereocenters. The van der Waals surface area contributed by atoms with Crippen LogP contribution < -0.4 is 0 Å². The summed E-state index contributed by atoms with van der Waals surface area (Å²) >= 11 is 1.43. The number of thiazole rings is 1. The van der Waals surface area contributed by atoms with Gasteiger partial charge in [0.05, 0.1) is 15.5 Å². The molecule has 5 nitrogen and oxygen atoms in total. The maximum absolute atomic E-state index is 12.8. The molecule has 26 heavy (non-hydrogen) atoms. The number of aromatic nitrogens is 1. The molecule has 0 amide bonds. The highest BCUT2D eigenvalue weighted by Crippen LogP contribution is 2.35. The lowest BCUT2D eigenvalue weighted by Gasteiger charge is -2.12. The van der Waals surface area contributed by atoms with Crippen molar-refractivity contribution in [3.05, 3.63) is 86.4 Å². The van der Waals surface area contributed by atoms with E-state index in [1.807, 2.05) is 36.4 Å². The summed E-state index contributed by atoms with van der Waals surface area (Å²) in [5.41, 5.74) is 3.42. The Morgan fingerprint density at radius 2 is 1.77 bits per heavy atom. The number of non-ortho nitro benzene ring substituents is 1. The Balaban J connectivity index is 1.63. The van der Waals surface area contributed by atoms with Crippen LogP contribution in [0.1, 0.15) is 27.3 Å². The minimum atomic E-state index is -0.433. The van der Waals surface area contributed by atoms with Crippen molar-refractivity contribution in [3.8, 4) is 10.6 Å².